The first kappa shape index (κ1) is 9.85. The van der Waals surface area contributed by atoms with Gasteiger partial charge in [-0.25, -0.2) is 9.78 Å². The number of rotatable bonds is 2. The lowest BCUT2D eigenvalue weighted by molar-refractivity contribution is 0.0601. The number of ether oxygens (including phenoxy) is 1. The van der Waals surface area contributed by atoms with Crippen molar-refractivity contribution < 1.29 is 9.53 Å². The smallest absolute Gasteiger partial charge is 0.341 e. The Hall–Kier alpha value is -1.23. The second-order valence-corrected chi connectivity index (χ2v) is 3.13. The maximum absolute atomic E-state index is 11.1. The van der Waals surface area contributed by atoms with E-state index in [0.717, 1.165) is 5.03 Å². The van der Waals surface area contributed by atoms with Gasteiger partial charge in [-0.05, 0) is 12.3 Å². The van der Waals surface area contributed by atoms with E-state index in [2.05, 4.69) is 9.72 Å². The van der Waals surface area contributed by atoms with Crippen molar-refractivity contribution in [1.82, 2.24) is 4.98 Å². The monoisotopic (exact) mass is 198 g/mol. The van der Waals surface area contributed by atoms with Gasteiger partial charge in [0.1, 0.15) is 5.56 Å². The maximum Gasteiger partial charge on any atom is 0.341 e. The Bertz CT molecular complexity index is 328. The van der Waals surface area contributed by atoms with Crippen LogP contribution < -0.4 is 5.73 Å². The molecule has 13 heavy (non-hydrogen) atoms. The Morgan fingerprint density at radius 3 is 2.85 bits per heavy atom. The summed E-state index contributed by atoms with van der Waals surface area (Å²) < 4.78 is 4.52. The number of nitrogens with zero attached hydrogens (tertiary/aromatic N) is 1. The van der Waals surface area contributed by atoms with E-state index >= 15 is 0 Å². The number of nitrogens with two attached hydrogens (primary N) is 1. The summed E-state index contributed by atoms with van der Waals surface area (Å²) in [6.07, 6.45) is 3.31. The standard InChI is InChI=1S/C8H10N2O2S/c1-12-8(11)5-4-10-7(13-2)3-6(5)9/h3-4H,1-2H3,(H2,9,10). The molecule has 0 fully saturated rings. The number of carbonyl (C=O) groups excluding carboxylic acids is 1. The van der Waals surface area contributed by atoms with Crippen LogP contribution >= 0.6 is 11.8 Å². The van der Waals surface area contributed by atoms with Gasteiger partial charge < -0.3 is 10.5 Å². The minimum Gasteiger partial charge on any atom is -0.465 e. The Kier molecular flexibility index (Phi) is 3.13. The number of methoxy groups -OCH3 is 1. The molecule has 0 amide bonds. The fraction of sp³-hybridized carbons (Fsp3) is 0.250. The predicted octanol–water partition coefficient (Wildman–Crippen LogP) is 1.17. The van der Waals surface area contributed by atoms with Gasteiger partial charge >= 0.3 is 5.97 Å². The second-order valence-electron chi connectivity index (χ2n) is 2.31. The van der Waals surface area contributed by atoms with Crippen molar-refractivity contribution in [2.24, 2.45) is 0 Å². The number of anilines is 1. The van der Waals surface area contributed by atoms with Crippen molar-refractivity contribution in [3.05, 3.63) is 17.8 Å². The fourth-order valence-electron chi connectivity index (χ4n) is 0.843. The molecule has 0 aliphatic rings. The summed E-state index contributed by atoms with van der Waals surface area (Å²) in [7, 11) is 1.31. The van der Waals surface area contributed by atoms with Crippen molar-refractivity contribution in [1.29, 1.82) is 0 Å². The molecule has 70 valence electrons. The van der Waals surface area contributed by atoms with E-state index in [0.29, 0.717) is 11.3 Å². The minimum atomic E-state index is -0.461. The first-order chi connectivity index (χ1) is 6.19. The van der Waals surface area contributed by atoms with Crippen LogP contribution in [-0.4, -0.2) is 24.3 Å². The van der Waals surface area contributed by atoms with Gasteiger partial charge in [0.15, 0.2) is 0 Å². The van der Waals surface area contributed by atoms with Crippen LogP contribution in [0.4, 0.5) is 5.69 Å². The summed E-state index contributed by atoms with van der Waals surface area (Å²) in [5.41, 5.74) is 6.32. The van der Waals surface area contributed by atoms with Gasteiger partial charge in [-0.1, -0.05) is 0 Å². The molecule has 0 unspecified atom stereocenters. The van der Waals surface area contributed by atoms with Gasteiger partial charge in [0.2, 0.25) is 0 Å². The predicted molar refractivity (Wildman–Crippen MR) is 51.8 cm³/mol. The van der Waals surface area contributed by atoms with E-state index in [-0.39, 0.29) is 0 Å². The number of aromatic nitrogens is 1. The lowest BCUT2D eigenvalue weighted by Gasteiger charge is -2.03. The largest absolute Gasteiger partial charge is 0.465 e. The molecule has 0 bridgehead atoms. The van der Waals surface area contributed by atoms with Gasteiger partial charge in [-0.3, -0.25) is 0 Å². The number of hydrogen-bond donors (Lipinski definition) is 1. The first-order valence-electron chi connectivity index (χ1n) is 3.57. The molecule has 0 radical (unpaired) electrons. The van der Waals surface area contributed by atoms with Crippen molar-refractivity contribution in [3.63, 3.8) is 0 Å². The number of pyridine rings is 1. The molecule has 5 heteroatoms. The molecule has 0 spiro atoms. The molecular weight excluding hydrogens is 188 g/mol. The minimum absolute atomic E-state index is 0.306. The number of thioether (sulfide) groups is 1. The lowest BCUT2D eigenvalue weighted by atomic mass is 10.2. The summed E-state index contributed by atoms with van der Waals surface area (Å²) >= 11 is 1.47. The lowest BCUT2D eigenvalue weighted by Crippen LogP contribution is -2.06. The summed E-state index contributed by atoms with van der Waals surface area (Å²) in [5, 5.41) is 0.783. The Morgan fingerprint density at radius 2 is 2.38 bits per heavy atom. The van der Waals surface area contributed by atoms with Crippen molar-refractivity contribution in [2.45, 2.75) is 5.03 Å². The quantitative estimate of drug-likeness (QED) is 0.571. The topological polar surface area (TPSA) is 65.2 Å². The Labute approximate surface area is 80.5 Å². The van der Waals surface area contributed by atoms with Crippen LogP contribution in [-0.2, 0) is 4.74 Å². The molecule has 0 saturated heterocycles. The highest BCUT2D eigenvalue weighted by atomic mass is 32.2. The number of carbonyl (C=O) groups is 1. The molecular formula is C8H10N2O2S. The summed E-state index contributed by atoms with van der Waals surface area (Å²) in [4.78, 5) is 15.1. The molecule has 0 saturated carbocycles. The van der Waals surface area contributed by atoms with Crippen LogP contribution in [0.2, 0.25) is 0 Å². The van der Waals surface area contributed by atoms with Gasteiger partial charge in [0, 0.05) is 6.20 Å². The molecule has 1 heterocycles. The summed E-state index contributed by atoms with van der Waals surface area (Å²) in [5.74, 6) is -0.461. The van der Waals surface area contributed by atoms with E-state index < -0.39 is 5.97 Å². The highest BCUT2D eigenvalue weighted by Gasteiger charge is 2.10. The number of hydrogen-bond acceptors (Lipinski definition) is 5. The number of esters is 1. The molecule has 0 aliphatic heterocycles. The molecule has 1 rings (SSSR count). The normalized spacial score (nSPS) is 9.69. The average molecular weight is 198 g/mol. The van der Waals surface area contributed by atoms with Crippen LogP contribution in [0.15, 0.2) is 17.3 Å². The van der Waals surface area contributed by atoms with E-state index in [1.54, 1.807) is 6.07 Å². The first-order valence-corrected chi connectivity index (χ1v) is 4.79. The van der Waals surface area contributed by atoms with E-state index in [9.17, 15) is 4.79 Å². The zero-order valence-electron chi connectivity index (χ0n) is 7.40. The van der Waals surface area contributed by atoms with Gasteiger partial charge in [-0.15, -0.1) is 11.8 Å². The third-order valence-electron chi connectivity index (χ3n) is 1.53. The average Bonchev–Trinajstić information content (AvgIpc) is 2.16. The van der Waals surface area contributed by atoms with Gasteiger partial charge in [0.25, 0.3) is 0 Å². The molecule has 1 aromatic heterocycles. The van der Waals surface area contributed by atoms with Gasteiger partial charge in [-0.2, -0.15) is 0 Å². The van der Waals surface area contributed by atoms with Crippen LogP contribution in [0.25, 0.3) is 0 Å². The Balaban J connectivity index is 3.05. The molecule has 0 aliphatic carbocycles. The number of nitrogen functional groups attached to an aromatic ring is 1. The highest BCUT2D eigenvalue weighted by Crippen LogP contribution is 2.18. The van der Waals surface area contributed by atoms with Crippen molar-refractivity contribution >= 4 is 23.4 Å². The maximum atomic E-state index is 11.1. The van der Waals surface area contributed by atoms with E-state index in [4.69, 9.17) is 5.73 Å². The zero-order valence-corrected chi connectivity index (χ0v) is 8.22. The van der Waals surface area contributed by atoms with Gasteiger partial charge in [0.05, 0.1) is 17.8 Å². The van der Waals surface area contributed by atoms with Crippen LogP contribution in [0, 0.1) is 0 Å². The molecule has 0 atom stereocenters. The summed E-state index contributed by atoms with van der Waals surface area (Å²) in [6.45, 7) is 0. The van der Waals surface area contributed by atoms with Crippen LogP contribution in [0.3, 0.4) is 0 Å². The SMILES string of the molecule is COC(=O)c1cnc(SC)cc1N. The van der Waals surface area contributed by atoms with Crippen LogP contribution in [0.1, 0.15) is 10.4 Å². The highest BCUT2D eigenvalue weighted by molar-refractivity contribution is 7.98. The molecule has 4 nitrogen and oxygen atoms in total. The third kappa shape index (κ3) is 2.12. The molecule has 1 aromatic rings. The van der Waals surface area contributed by atoms with Crippen LogP contribution in [0.5, 0.6) is 0 Å². The second kappa shape index (κ2) is 4.13. The Morgan fingerprint density at radius 1 is 1.69 bits per heavy atom. The molecule has 0 aromatic carbocycles. The van der Waals surface area contributed by atoms with E-state index in [1.165, 1.54) is 25.1 Å². The zero-order chi connectivity index (χ0) is 9.84. The third-order valence-corrected chi connectivity index (χ3v) is 2.17. The van der Waals surface area contributed by atoms with Crippen molar-refractivity contribution in [2.75, 3.05) is 19.1 Å². The summed E-state index contributed by atoms with van der Waals surface area (Å²) in [6, 6.07) is 1.65. The van der Waals surface area contributed by atoms with E-state index in [1.807, 2.05) is 6.26 Å². The van der Waals surface area contributed by atoms with Crippen molar-refractivity contribution in [3.8, 4) is 0 Å². The molecule has 2 N–H and O–H groups in total. The fourth-order valence-corrected chi connectivity index (χ4v) is 1.25.